The van der Waals surface area contributed by atoms with Crippen LogP contribution >= 0.6 is 0 Å². The lowest BCUT2D eigenvalue weighted by Gasteiger charge is -2.27. The largest absolute Gasteiger partial charge is 0.460 e. The number of hydrogen-bond donors (Lipinski definition) is 0. The number of cyclic esters (lactones) is 1. The molecule has 0 unspecified atom stereocenters. The fraction of sp³-hybridized carbons (Fsp3) is 0.550. The summed E-state index contributed by atoms with van der Waals surface area (Å²) < 4.78 is 15.8. The Morgan fingerprint density at radius 3 is 2.39 bits per heavy atom. The molecule has 8 heteroatoms. The van der Waals surface area contributed by atoms with E-state index in [2.05, 4.69) is 0 Å². The van der Waals surface area contributed by atoms with E-state index < -0.39 is 11.7 Å². The summed E-state index contributed by atoms with van der Waals surface area (Å²) in [6.07, 6.45) is -0.191. The molecule has 2 amide bonds. The van der Waals surface area contributed by atoms with Crippen LogP contribution in [0.4, 0.5) is 16.2 Å². The second kappa shape index (κ2) is 8.18. The number of carbonyl (C=O) groups is 3. The minimum atomic E-state index is -0.529. The molecule has 3 rings (SSSR count). The Morgan fingerprint density at radius 2 is 1.79 bits per heavy atom. The van der Waals surface area contributed by atoms with Crippen LogP contribution in [0.5, 0.6) is 0 Å². The summed E-state index contributed by atoms with van der Waals surface area (Å²) in [6.45, 7) is 6.92. The minimum Gasteiger partial charge on any atom is -0.460 e. The monoisotopic (exact) mass is 390 g/mol. The van der Waals surface area contributed by atoms with Gasteiger partial charge in [0.1, 0.15) is 18.3 Å². The lowest BCUT2D eigenvalue weighted by molar-refractivity contribution is -0.155. The van der Waals surface area contributed by atoms with E-state index in [1.807, 2.05) is 20.8 Å². The number of morpholine rings is 1. The van der Waals surface area contributed by atoms with Crippen molar-refractivity contribution in [3.05, 3.63) is 24.3 Å². The molecule has 1 aromatic carbocycles. The highest BCUT2D eigenvalue weighted by Gasteiger charge is 2.33. The third-order valence-corrected chi connectivity index (χ3v) is 4.42. The summed E-state index contributed by atoms with van der Waals surface area (Å²) in [4.78, 5) is 39.2. The Hall–Kier alpha value is -2.61. The second-order valence-electron chi connectivity index (χ2n) is 7.86. The minimum absolute atomic E-state index is 0.0817. The summed E-state index contributed by atoms with van der Waals surface area (Å²) in [5.41, 5.74) is 0.930. The van der Waals surface area contributed by atoms with Crippen molar-refractivity contribution in [1.29, 1.82) is 0 Å². The predicted molar refractivity (Wildman–Crippen MR) is 102 cm³/mol. The first-order chi connectivity index (χ1) is 13.2. The maximum atomic E-state index is 12.2. The zero-order chi connectivity index (χ0) is 20.3. The summed E-state index contributed by atoms with van der Waals surface area (Å²) in [5.74, 6) is -0.386. The van der Waals surface area contributed by atoms with E-state index in [1.54, 1.807) is 29.2 Å². The smallest absolute Gasteiger partial charge is 0.414 e. The third kappa shape index (κ3) is 5.01. The molecule has 2 saturated heterocycles. The van der Waals surface area contributed by atoms with Gasteiger partial charge in [-0.3, -0.25) is 14.5 Å². The number of ether oxygens (including phenoxy) is 3. The Bertz CT molecular complexity index is 740. The number of benzene rings is 1. The fourth-order valence-corrected chi connectivity index (χ4v) is 3.16. The Morgan fingerprint density at radius 1 is 1.14 bits per heavy atom. The zero-order valence-corrected chi connectivity index (χ0v) is 16.5. The number of rotatable bonds is 5. The zero-order valence-electron chi connectivity index (χ0n) is 16.5. The quantitative estimate of drug-likeness (QED) is 0.718. The van der Waals surface area contributed by atoms with E-state index in [1.165, 1.54) is 4.90 Å². The number of carbonyl (C=O) groups excluding carboxylic acids is 3. The van der Waals surface area contributed by atoms with Gasteiger partial charge in [0, 0.05) is 24.3 Å². The van der Waals surface area contributed by atoms with Gasteiger partial charge in [-0.05, 0) is 51.5 Å². The molecule has 0 aromatic heterocycles. The van der Waals surface area contributed by atoms with E-state index in [4.69, 9.17) is 14.2 Å². The van der Waals surface area contributed by atoms with Gasteiger partial charge in [-0.15, -0.1) is 0 Å². The fourth-order valence-electron chi connectivity index (χ4n) is 3.16. The van der Waals surface area contributed by atoms with Crippen molar-refractivity contribution in [1.82, 2.24) is 0 Å². The van der Waals surface area contributed by atoms with Crippen LogP contribution < -0.4 is 9.80 Å². The van der Waals surface area contributed by atoms with E-state index in [0.29, 0.717) is 31.8 Å². The van der Waals surface area contributed by atoms with Gasteiger partial charge in [0.25, 0.3) is 5.91 Å². The van der Waals surface area contributed by atoms with Crippen LogP contribution in [-0.2, 0) is 23.8 Å². The summed E-state index contributed by atoms with van der Waals surface area (Å²) in [6, 6.07) is 7.19. The molecule has 152 valence electrons. The third-order valence-electron chi connectivity index (χ3n) is 4.42. The van der Waals surface area contributed by atoms with Gasteiger partial charge in [-0.25, -0.2) is 4.79 Å². The molecule has 0 saturated carbocycles. The van der Waals surface area contributed by atoms with E-state index in [0.717, 1.165) is 5.69 Å². The summed E-state index contributed by atoms with van der Waals surface area (Å²) >= 11 is 0. The van der Waals surface area contributed by atoms with Gasteiger partial charge in [-0.2, -0.15) is 0 Å². The molecule has 0 radical (unpaired) electrons. The van der Waals surface area contributed by atoms with Crippen molar-refractivity contribution in [2.45, 2.75) is 45.3 Å². The average molecular weight is 390 g/mol. The van der Waals surface area contributed by atoms with Crippen LogP contribution in [0.1, 0.15) is 33.6 Å². The van der Waals surface area contributed by atoms with E-state index in [-0.39, 0.29) is 31.0 Å². The maximum absolute atomic E-state index is 12.2. The van der Waals surface area contributed by atoms with Crippen molar-refractivity contribution in [2.24, 2.45) is 0 Å². The number of hydrogen-bond acceptors (Lipinski definition) is 6. The number of anilines is 2. The Kier molecular flexibility index (Phi) is 5.88. The van der Waals surface area contributed by atoms with Crippen LogP contribution in [0.25, 0.3) is 0 Å². The van der Waals surface area contributed by atoms with Crippen molar-refractivity contribution < 1.29 is 28.6 Å². The molecule has 1 aromatic rings. The van der Waals surface area contributed by atoms with Crippen LogP contribution in [0.3, 0.4) is 0 Å². The first-order valence-electron chi connectivity index (χ1n) is 9.41. The van der Waals surface area contributed by atoms with Crippen molar-refractivity contribution >= 4 is 29.3 Å². The van der Waals surface area contributed by atoms with Gasteiger partial charge in [0.2, 0.25) is 0 Å². The lowest BCUT2D eigenvalue weighted by atomic mass is 10.1. The molecular weight excluding hydrogens is 364 g/mol. The van der Waals surface area contributed by atoms with Crippen LogP contribution in [-0.4, -0.2) is 56.0 Å². The van der Waals surface area contributed by atoms with E-state index in [9.17, 15) is 14.4 Å². The normalized spacial score (nSPS) is 20.3. The standard InChI is InChI=1S/C20H26N2O6/c1-20(2,3)28-18(24)9-8-16-12-22(19(25)27-16)15-6-4-14(5-7-15)21-10-11-26-13-17(21)23/h4-7,16H,8-13H2,1-3H3/t16-/m0/s1. The molecule has 8 nitrogen and oxygen atoms in total. The molecule has 2 fully saturated rings. The van der Waals surface area contributed by atoms with Gasteiger partial charge in [0.15, 0.2) is 0 Å². The number of nitrogens with zero attached hydrogens (tertiary/aromatic N) is 2. The van der Waals surface area contributed by atoms with Crippen molar-refractivity contribution in [3.63, 3.8) is 0 Å². The maximum Gasteiger partial charge on any atom is 0.414 e. The molecule has 2 aliphatic heterocycles. The highest BCUT2D eigenvalue weighted by molar-refractivity contribution is 5.95. The lowest BCUT2D eigenvalue weighted by Crippen LogP contribution is -2.41. The van der Waals surface area contributed by atoms with Crippen LogP contribution in [0, 0.1) is 0 Å². The first-order valence-corrected chi connectivity index (χ1v) is 9.41. The molecule has 28 heavy (non-hydrogen) atoms. The highest BCUT2D eigenvalue weighted by Crippen LogP contribution is 2.27. The van der Waals surface area contributed by atoms with Crippen molar-refractivity contribution in [3.8, 4) is 0 Å². The Labute approximate surface area is 164 Å². The molecule has 0 aliphatic carbocycles. The highest BCUT2D eigenvalue weighted by atomic mass is 16.6. The molecule has 0 bridgehead atoms. The number of esters is 1. The second-order valence-corrected chi connectivity index (χ2v) is 7.86. The van der Waals surface area contributed by atoms with Gasteiger partial charge in [-0.1, -0.05) is 0 Å². The van der Waals surface area contributed by atoms with Crippen molar-refractivity contribution in [2.75, 3.05) is 36.1 Å². The Balaban J connectivity index is 1.56. The SMILES string of the molecule is CC(C)(C)OC(=O)CC[C@H]1CN(c2ccc(N3CCOCC3=O)cc2)C(=O)O1. The van der Waals surface area contributed by atoms with Gasteiger partial charge in [0.05, 0.1) is 13.2 Å². The topological polar surface area (TPSA) is 85.4 Å². The van der Waals surface area contributed by atoms with Crippen LogP contribution in [0.15, 0.2) is 24.3 Å². The molecule has 2 heterocycles. The van der Waals surface area contributed by atoms with Gasteiger partial charge >= 0.3 is 12.1 Å². The molecule has 0 N–H and O–H groups in total. The average Bonchev–Trinajstić information content (AvgIpc) is 3.00. The molecule has 2 aliphatic rings. The first kappa shape index (κ1) is 20.1. The molecule has 0 spiro atoms. The molecular formula is C20H26N2O6. The van der Waals surface area contributed by atoms with Crippen LogP contribution in [0.2, 0.25) is 0 Å². The van der Waals surface area contributed by atoms with E-state index >= 15 is 0 Å². The summed E-state index contributed by atoms with van der Waals surface area (Å²) in [7, 11) is 0. The summed E-state index contributed by atoms with van der Waals surface area (Å²) in [5, 5.41) is 0. The molecule has 1 atom stereocenters. The van der Waals surface area contributed by atoms with Gasteiger partial charge < -0.3 is 19.1 Å². The predicted octanol–water partition coefficient (Wildman–Crippen LogP) is 2.50. The number of amides is 2.